The second kappa shape index (κ2) is 6.36. The van der Waals surface area contributed by atoms with E-state index in [1.54, 1.807) is 33.0 Å². The molecule has 6 heteroatoms. The molecule has 0 aromatic carbocycles. The highest BCUT2D eigenvalue weighted by atomic mass is 16.6. The Morgan fingerprint density at radius 2 is 2.10 bits per heavy atom. The van der Waals surface area contributed by atoms with E-state index in [9.17, 15) is 9.59 Å². The quantitative estimate of drug-likeness (QED) is 0.879. The minimum absolute atomic E-state index is 0.107. The first-order valence-corrected chi connectivity index (χ1v) is 6.31. The molecule has 2 N–H and O–H groups in total. The maximum absolute atomic E-state index is 11.6. The molecule has 1 aromatic heterocycles. The third-order valence-electron chi connectivity index (χ3n) is 2.37. The monoisotopic (exact) mass is 280 g/mol. The molecular weight excluding hydrogens is 260 g/mol. The van der Waals surface area contributed by atoms with Gasteiger partial charge in [-0.3, -0.25) is 4.98 Å². The number of rotatable bonds is 4. The van der Waals surface area contributed by atoms with Crippen molar-refractivity contribution in [3.63, 3.8) is 0 Å². The van der Waals surface area contributed by atoms with Crippen LogP contribution in [0, 0.1) is 6.92 Å². The molecule has 0 aliphatic rings. The van der Waals surface area contributed by atoms with Crippen molar-refractivity contribution in [2.24, 2.45) is 0 Å². The highest BCUT2D eigenvalue weighted by molar-refractivity contribution is 5.80. The Balaban J connectivity index is 2.71. The first-order valence-electron chi connectivity index (χ1n) is 6.31. The van der Waals surface area contributed by atoms with E-state index < -0.39 is 23.7 Å². The van der Waals surface area contributed by atoms with Gasteiger partial charge in [-0.25, -0.2) is 9.59 Å². The van der Waals surface area contributed by atoms with Crippen LogP contribution < -0.4 is 5.32 Å². The number of carboxylic acid groups (broad SMARTS) is 1. The first-order chi connectivity index (χ1) is 9.17. The molecule has 0 aliphatic carbocycles. The van der Waals surface area contributed by atoms with E-state index in [1.807, 2.05) is 13.0 Å². The van der Waals surface area contributed by atoms with Gasteiger partial charge in [0.1, 0.15) is 11.6 Å². The number of carbonyl (C=O) groups excluding carboxylic acids is 1. The van der Waals surface area contributed by atoms with E-state index in [0.29, 0.717) is 5.69 Å². The number of aliphatic carboxylic acids is 1. The second-order valence-electron chi connectivity index (χ2n) is 5.57. The number of aromatic nitrogens is 1. The Kier molecular flexibility index (Phi) is 5.07. The molecule has 1 atom stereocenters. The standard InChI is InChI=1S/C14H20N2O4/c1-9-5-6-15-10(7-9)8-11(12(17)18)16-13(19)20-14(2,3)4/h5-7,11H,8H2,1-4H3,(H,16,19)(H,17,18). The van der Waals surface area contributed by atoms with Gasteiger partial charge in [0, 0.05) is 18.3 Å². The summed E-state index contributed by atoms with van der Waals surface area (Å²) >= 11 is 0. The molecule has 1 heterocycles. The highest BCUT2D eigenvalue weighted by Crippen LogP contribution is 2.08. The normalized spacial score (nSPS) is 12.6. The summed E-state index contributed by atoms with van der Waals surface area (Å²) in [7, 11) is 0. The van der Waals surface area contributed by atoms with Gasteiger partial charge in [-0.2, -0.15) is 0 Å². The fourth-order valence-electron chi connectivity index (χ4n) is 1.57. The van der Waals surface area contributed by atoms with Crippen molar-refractivity contribution < 1.29 is 19.4 Å². The minimum Gasteiger partial charge on any atom is -0.480 e. The fraction of sp³-hybridized carbons (Fsp3) is 0.500. The van der Waals surface area contributed by atoms with Crippen LogP contribution in [0.2, 0.25) is 0 Å². The third kappa shape index (κ3) is 5.69. The van der Waals surface area contributed by atoms with Gasteiger partial charge in [-0.05, 0) is 45.4 Å². The molecule has 1 unspecified atom stereocenters. The first kappa shape index (κ1) is 15.9. The van der Waals surface area contributed by atoms with Crippen LogP contribution in [0.15, 0.2) is 18.3 Å². The van der Waals surface area contributed by atoms with E-state index in [-0.39, 0.29) is 6.42 Å². The maximum Gasteiger partial charge on any atom is 0.408 e. The zero-order valence-electron chi connectivity index (χ0n) is 12.1. The molecule has 0 saturated heterocycles. The number of aryl methyl sites for hydroxylation is 1. The molecular formula is C14H20N2O4. The van der Waals surface area contributed by atoms with Crippen molar-refractivity contribution in [2.45, 2.75) is 45.8 Å². The number of ether oxygens (including phenoxy) is 1. The van der Waals surface area contributed by atoms with E-state index in [0.717, 1.165) is 5.56 Å². The lowest BCUT2D eigenvalue weighted by Gasteiger charge is -2.21. The van der Waals surface area contributed by atoms with Crippen LogP contribution in [0.3, 0.4) is 0 Å². The predicted octanol–water partition coefficient (Wildman–Crippen LogP) is 1.91. The van der Waals surface area contributed by atoms with Crippen LogP contribution in [0.5, 0.6) is 0 Å². The number of hydrogen-bond donors (Lipinski definition) is 2. The molecule has 0 radical (unpaired) electrons. The molecule has 0 spiro atoms. The molecule has 20 heavy (non-hydrogen) atoms. The molecule has 0 fully saturated rings. The van der Waals surface area contributed by atoms with Gasteiger partial charge in [0.25, 0.3) is 0 Å². The van der Waals surface area contributed by atoms with Crippen molar-refractivity contribution in [2.75, 3.05) is 0 Å². The van der Waals surface area contributed by atoms with Crippen LogP contribution >= 0.6 is 0 Å². The van der Waals surface area contributed by atoms with Crippen molar-refractivity contribution in [3.05, 3.63) is 29.6 Å². The van der Waals surface area contributed by atoms with Crippen molar-refractivity contribution in [1.29, 1.82) is 0 Å². The average molecular weight is 280 g/mol. The summed E-state index contributed by atoms with van der Waals surface area (Å²) in [5.41, 5.74) is 0.916. The van der Waals surface area contributed by atoms with Gasteiger partial charge in [0.2, 0.25) is 0 Å². The molecule has 110 valence electrons. The van der Waals surface area contributed by atoms with Crippen LogP contribution in [0.1, 0.15) is 32.0 Å². The number of alkyl carbamates (subject to hydrolysis) is 1. The summed E-state index contributed by atoms with van der Waals surface area (Å²) in [5.74, 6) is -1.13. The Morgan fingerprint density at radius 3 is 2.60 bits per heavy atom. The van der Waals surface area contributed by atoms with Gasteiger partial charge >= 0.3 is 12.1 Å². The number of amides is 1. The summed E-state index contributed by atoms with van der Waals surface area (Å²) in [6.45, 7) is 7.03. The topological polar surface area (TPSA) is 88.5 Å². The Hall–Kier alpha value is -2.11. The summed E-state index contributed by atoms with van der Waals surface area (Å²) in [6, 6.07) is 2.53. The zero-order chi connectivity index (χ0) is 15.3. The van der Waals surface area contributed by atoms with E-state index in [4.69, 9.17) is 9.84 Å². The smallest absolute Gasteiger partial charge is 0.408 e. The zero-order valence-corrected chi connectivity index (χ0v) is 12.1. The largest absolute Gasteiger partial charge is 0.480 e. The van der Waals surface area contributed by atoms with Crippen molar-refractivity contribution in [1.82, 2.24) is 10.3 Å². The van der Waals surface area contributed by atoms with Gasteiger partial charge in [-0.1, -0.05) is 0 Å². The molecule has 0 saturated carbocycles. The van der Waals surface area contributed by atoms with Gasteiger partial charge < -0.3 is 15.2 Å². The lowest BCUT2D eigenvalue weighted by molar-refractivity contribution is -0.139. The van der Waals surface area contributed by atoms with Crippen LogP contribution in [-0.2, 0) is 16.0 Å². The van der Waals surface area contributed by atoms with Gasteiger partial charge in [0.15, 0.2) is 0 Å². The predicted molar refractivity (Wildman–Crippen MR) is 73.5 cm³/mol. The van der Waals surface area contributed by atoms with Gasteiger partial charge in [0.05, 0.1) is 0 Å². The van der Waals surface area contributed by atoms with Crippen molar-refractivity contribution >= 4 is 12.1 Å². The second-order valence-corrected chi connectivity index (χ2v) is 5.57. The maximum atomic E-state index is 11.6. The average Bonchev–Trinajstić information content (AvgIpc) is 2.25. The molecule has 0 bridgehead atoms. The molecule has 6 nitrogen and oxygen atoms in total. The number of carboxylic acids is 1. The SMILES string of the molecule is Cc1ccnc(CC(NC(=O)OC(C)(C)C)C(=O)O)c1. The van der Waals surface area contributed by atoms with E-state index in [1.165, 1.54) is 0 Å². The van der Waals surface area contributed by atoms with Gasteiger partial charge in [-0.15, -0.1) is 0 Å². The lowest BCUT2D eigenvalue weighted by Crippen LogP contribution is -2.44. The van der Waals surface area contributed by atoms with Crippen LogP contribution in [0.25, 0.3) is 0 Å². The van der Waals surface area contributed by atoms with Crippen molar-refractivity contribution in [3.8, 4) is 0 Å². The van der Waals surface area contributed by atoms with E-state index >= 15 is 0 Å². The summed E-state index contributed by atoms with van der Waals surface area (Å²) in [4.78, 5) is 26.9. The van der Waals surface area contributed by atoms with E-state index in [2.05, 4.69) is 10.3 Å². The minimum atomic E-state index is -1.13. The highest BCUT2D eigenvalue weighted by Gasteiger charge is 2.24. The molecule has 1 amide bonds. The Morgan fingerprint density at radius 1 is 1.45 bits per heavy atom. The number of hydrogen-bond acceptors (Lipinski definition) is 4. The fourth-order valence-corrected chi connectivity index (χ4v) is 1.57. The Labute approximate surface area is 118 Å². The number of nitrogens with one attached hydrogen (secondary N) is 1. The number of pyridine rings is 1. The number of carbonyl (C=O) groups is 2. The third-order valence-corrected chi connectivity index (χ3v) is 2.37. The Bertz CT molecular complexity index is 494. The molecule has 0 aliphatic heterocycles. The van der Waals surface area contributed by atoms with Crippen LogP contribution in [-0.4, -0.2) is 33.8 Å². The lowest BCUT2D eigenvalue weighted by atomic mass is 10.1. The summed E-state index contributed by atoms with van der Waals surface area (Å²) in [5, 5.41) is 11.5. The summed E-state index contributed by atoms with van der Waals surface area (Å²) < 4.78 is 5.05. The molecule has 1 aromatic rings. The molecule has 1 rings (SSSR count). The van der Waals surface area contributed by atoms with Crippen LogP contribution in [0.4, 0.5) is 4.79 Å². The summed E-state index contributed by atoms with van der Waals surface area (Å²) in [6.07, 6.45) is 0.963. The number of nitrogens with zero attached hydrogens (tertiary/aromatic N) is 1.